The van der Waals surface area contributed by atoms with Crippen molar-refractivity contribution in [3.8, 4) is 0 Å². The molecule has 1 aliphatic carbocycles. The second-order valence-electron chi connectivity index (χ2n) is 5.45. The van der Waals surface area contributed by atoms with Crippen molar-refractivity contribution in [3.63, 3.8) is 0 Å². The third-order valence-corrected chi connectivity index (χ3v) is 4.48. The van der Waals surface area contributed by atoms with E-state index < -0.39 is 34.5 Å². The van der Waals surface area contributed by atoms with Gasteiger partial charge in [-0.05, 0) is 12.8 Å². The van der Waals surface area contributed by atoms with Gasteiger partial charge in [-0.3, -0.25) is 24.5 Å². The number of hydrogen-bond acceptors (Lipinski definition) is 4. The quantitative estimate of drug-likeness (QED) is 0.434. The van der Waals surface area contributed by atoms with Crippen LogP contribution < -0.4 is 16.8 Å². The number of rotatable bonds is 2. The molecule has 1 saturated heterocycles. The average Bonchev–Trinajstić information content (AvgIpc) is 2.26. The van der Waals surface area contributed by atoms with Crippen LogP contribution in [0.2, 0.25) is 0 Å². The highest BCUT2D eigenvalue weighted by molar-refractivity contribution is 6.08. The van der Waals surface area contributed by atoms with Crippen LogP contribution in [0.15, 0.2) is 0 Å². The summed E-state index contributed by atoms with van der Waals surface area (Å²) in [6.07, 6.45) is 1.87. The molecule has 1 saturated carbocycles. The Morgan fingerprint density at radius 2 is 1.42 bits per heavy atom. The van der Waals surface area contributed by atoms with Gasteiger partial charge in [-0.2, -0.15) is 0 Å². The number of imide groups is 1. The van der Waals surface area contributed by atoms with Crippen molar-refractivity contribution in [3.05, 3.63) is 0 Å². The molecular weight excluding hydrogens is 250 g/mol. The van der Waals surface area contributed by atoms with Crippen LogP contribution in [0.1, 0.15) is 38.5 Å². The van der Waals surface area contributed by atoms with E-state index in [4.69, 9.17) is 11.5 Å². The molecule has 19 heavy (non-hydrogen) atoms. The maximum atomic E-state index is 11.9. The molecule has 2 fully saturated rings. The summed E-state index contributed by atoms with van der Waals surface area (Å²) in [6, 6.07) is 0. The second kappa shape index (κ2) is 4.32. The molecule has 2 rings (SSSR count). The molecule has 7 nitrogen and oxygen atoms in total. The molecule has 4 amide bonds. The Labute approximate surface area is 110 Å². The molecule has 7 heteroatoms. The fourth-order valence-electron chi connectivity index (χ4n) is 3.62. The Hall–Kier alpha value is -1.92. The number of amides is 4. The van der Waals surface area contributed by atoms with Crippen LogP contribution in [0, 0.1) is 10.8 Å². The summed E-state index contributed by atoms with van der Waals surface area (Å²) in [5, 5.41) is 2.18. The topological polar surface area (TPSA) is 132 Å². The first kappa shape index (κ1) is 13.5. The minimum absolute atomic E-state index is 0.0649. The van der Waals surface area contributed by atoms with E-state index >= 15 is 0 Å². The van der Waals surface area contributed by atoms with Gasteiger partial charge in [0.15, 0.2) is 0 Å². The molecule has 0 unspecified atom stereocenters. The van der Waals surface area contributed by atoms with Crippen LogP contribution in [-0.4, -0.2) is 23.6 Å². The lowest BCUT2D eigenvalue weighted by Crippen LogP contribution is -2.64. The summed E-state index contributed by atoms with van der Waals surface area (Å²) in [5.41, 5.74) is 8.18. The van der Waals surface area contributed by atoms with Gasteiger partial charge < -0.3 is 11.5 Å². The number of carbonyl (C=O) groups excluding carboxylic acids is 4. The number of hydrogen-bond donors (Lipinski definition) is 3. The van der Waals surface area contributed by atoms with Crippen LogP contribution in [0.5, 0.6) is 0 Å². The SMILES string of the molecule is NC(=O)C1(C(N)=O)CCCCC12CC(=O)NC(=O)C2. The molecule has 2 aliphatic rings. The van der Waals surface area contributed by atoms with E-state index in [1.807, 2.05) is 0 Å². The van der Waals surface area contributed by atoms with E-state index in [-0.39, 0.29) is 19.3 Å². The van der Waals surface area contributed by atoms with Gasteiger partial charge in [0.05, 0.1) is 0 Å². The maximum absolute atomic E-state index is 11.9. The molecular formula is C12H17N3O4. The van der Waals surface area contributed by atoms with Crippen molar-refractivity contribution >= 4 is 23.6 Å². The molecule has 1 aliphatic heterocycles. The Morgan fingerprint density at radius 3 is 1.89 bits per heavy atom. The zero-order valence-electron chi connectivity index (χ0n) is 10.5. The van der Waals surface area contributed by atoms with E-state index in [1.165, 1.54) is 0 Å². The van der Waals surface area contributed by atoms with Gasteiger partial charge in [-0.1, -0.05) is 12.8 Å². The van der Waals surface area contributed by atoms with Crippen molar-refractivity contribution < 1.29 is 19.2 Å². The largest absolute Gasteiger partial charge is 0.369 e. The number of nitrogens with two attached hydrogens (primary N) is 2. The summed E-state index contributed by atoms with van der Waals surface area (Å²) >= 11 is 0. The minimum Gasteiger partial charge on any atom is -0.369 e. The lowest BCUT2D eigenvalue weighted by molar-refractivity contribution is -0.162. The zero-order chi connectivity index (χ0) is 14.3. The van der Waals surface area contributed by atoms with Crippen LogP contribution in [0.4, 0.5) is 0 Å². The Balaban J connectivity index is 2.55. The van der Waals surface area contributed by atoms with Gasteiger partial charge in [0.25, 0.3) is 0 Å². The standard InChI is InChI=1S/C12H17N3O4/c13-9(18)12(10(14)19)4-2-1-3-11(12)5-7(16)15-8(17)6-11/h1-6H2,(H2,13,18)(H2,14,19)(H,15,16,17). The van der Waals surface area contributed by atoms with Gasteiger partial charge in [-0.15, -0.1) is 0 Å². The maximum Gasteiger partial charge on any atom is 0.233 e. The monoisotopic (exact) mass is 267 g/mol. The van der Waals surface area contributed by atoms with Gasteiger partial charge in [0, 0.05) is 18.3 Å². The van der Waals surface area contributed by atoms with E-state index in [0.717, 1.165) is 6.42 Å². The molecule has 0 aromatic carbocycles. The highest BCUT2D eigenvalue weighted by Gasteiger charge is 2.62. The van der Waals surface area contributed by atoms with Crippen molar-refractivity contribution in [2.45, 2.75) is 38.5 Å². The third kappa shape index (κ3) is 1.80. The number of primary amides is 2. The molecule has 0 atom stereocenters. The normalized spacial score (nSPS) is 24.8. The molecule has 1 spiro atoms. The highest BCUT2D eigenvalue weighted by atomic mass is 16.2. The van der Waals surface area contributed by atoms with Crippen molar-refractivity contribution in [2.75, 3.05) is 0 Å². The van der Waals surface area contributed by atoms with Crippen molar-refractivity contribution in [1.29, 1.82) is 0 Å². The summed E-state index contributed by atoms with van der Waals surface area (Å²) in [6.45, 7) is 0. The molecule has 5 N–H and O–H groups in total. The van der Waals surface area contributed by atoms with Gasteiger partial charge >= 0.3 is 0 Å². The summed E-state index contributed by atoms with van der Waals surface area (Å²) in [4.78, 5) is 47.1. The summed E-state index contributed by atoms with van der Waals surface area (Å²) in [7, 11) is 0. The minimum atomic E-state index is -1.60. The van der Waals surface area contributed by atoms with Gasteiger partial charge in [0.1, 0.15) is 5.41 Å². The average molecular weight is 267 g/mol. The Bertz CT molecular complexity index is 442. The second-order valence-corrected chi connectivity index (χ2v) is 5.45. The molecule has 0 bridgehead atoms. The van der Waals surface area contributed by atoms with Gasteiger partial charge in [0.2, 0.25) is 23.6 Å². The van der Waals surface area contributed by atoms with Crippen molar-refractivity contribution in [1.82, 2.24) is 5.32 Å². The van der Waals surface area contributed by atoms with E-state index in [1.54, 1.807) is 0 Å². The fraction of sp³-hybridized carbons (Fsp3) is 0.667. The first-order chi connectivity index (χ1) is 8.84. The molecule has 104 valence electrons. The zero-order valence-corrected chi connectivity index (χ0v) is 10.5. The first-order valence-corrected chi connectivity index (χ1v) is 6.27. The van der Waals surface area contributed by atoms with Crippen LogP contribution >= 0.6 is 0 Å². The predicted octanol–water partition coefficient (Wildman–Crippen LogP) is -1.06. The van der Waals surface area contributed by atoms with E-state index in [0.29, 0.717) is 12.8 Å². The van der Waals surface area contributed by atoms with E-state index in [2.05, 4.69) is 5.32 Å². The highest BCUT2D eigenvalue weighted by Crippen LogP contribution is 2.55. The lowest BCUT2D eigenvalue weighted by Gasteiger charge is -2.50. The van der Waals surface area contributed by atoms with E-state index in [9.17, 15) is 19.2 Å². The van der Waals surface area contributed by atoms with Crippen LogP contribution in [-0.2, 0) is 19.2 Å². The third-order valence-electron chi connectivity index (χ3n) is 4.48. The molecule has 1 heterocycles. The smallest absolute Gasteiger partial charge is 0.233 e. The lowest BCUT2D eigenvalue weighted by atomic mass is 9.51. The molecule has 0 aromatic heterocycles. The Kier molecular flexibility index (Phi) is 3.07. The summed E-state index contributed by atoms with van der Waals surface area (Å²) < 4.78 is 0. The number of piperidine rings is 1. The van der Waals surface area contributed by atoms with Crippen LogP contribution in [0.25, 0.3) is 0 Å². The van der Waals surface area contributed by atoms with Crippen LogP contribution in [0.3, 0.4) is 0 Å². The number of nitrogens with one attached hydrogen (secondary N) is 1. The molecule has 0 radical (unpaired) electrons. The Morgan fingerprint density at radius 1 is 0.947 bits per heavy atom. The fourth-order valence-corrected chi connectivity index (χ4v) is 3.62. The number of carbonyl (C=O) groups is 4. The first-order valence-electron chi connectivity index (χ1n) is 6.27. The van der Waals surface area contributed by atoms with Gasteiger partial charge in [-0.25, -0.2) is 0 Å². The van der Waals surface area contributed by atoms with Crippen molar-refractivity contribution in [2.24, 2.45) is 22.3 Å². The summed E-state index contributed by atoms with van der Waals surface area (Å²) in [5.74, 6) is -2.63. The molecule has 0 aromatic rings. The predicted molar refractivity (Wildman–Crippen MR) is 64.1 cm³/mol.